The van der Waals surface area contributed by atoms with Crippen LogP contribution < -0.4 is 9.64 Å². The fraction of sp³-hybridized carbons (Fsp3) is 0.562. The summed E-state index contributed by atoms with van der Waals surface area (Å²) in [5.74, 6) is -0.0199. The third kappa shape index (κ3) is 3.00. The number of nitrogens with zero attached hydrogens (tertiary/aromatic N) is 3. The number of benzene rings is 1. The Kier molecular flexibility index (Phi) is 4.29. The average Bonchev–Trinajstić information content (AvgIpc) is 3.30. The third-order valence-electron chi connectivity index (χ3n) is 4.80. The summed E-state index contributed by atoms with van der Waals surface area (Å²) in [4.78, 5) is 26.5. The molecule has 24 heavy (non-hydrogen) atoms. The van der Waals surface area contributed by atoms with Gasteiger partial charge in [-0.1, -0.05) is 6.92 Å². The van der Waals surface area contributed by atoms with Gasteiger partial charge in [-0.3, -0.25) is 14.9 Å². The molecule has 1 aliphatic heterocycles. The highest BCUT2D eigenvalue weighted by Gasteiger charge is 2.42. The summed E-state index contributed by atoms with van der Waals surface area (Å²) >= 11 is 0. The predicted molar refractivity (Wildman–Crippen MR) is 85.7 cm³/mol. The summed E-state index contributed by atoms with van der Waals surface area (Å²) in [7, 11) is 1.32. The first-order valence-corrected chi connectivity index (χ1v) is 7.98. The number of piperazine rings is 1. The standard InChI is InChI=1S/C16H20FN3O4/c1-10-7-11(10)16(21)19-5-3-18(4-6-19)13-9-15(24-2)12(17)8-14(13)20(22)23/h8-11H,3-7H2,1-2H3. The maximum absolute atomic E-state index is 13.8. The Bertz CT molecular complexity index is 674. The van der Waals surface area contributed by atoms with Gasteiger partial charge < -0.3 is 14.5 Å². The van der Waals surface area contributed by atoms with Gasteiger partial charge in [0, 0.05) is 38.2 Å². The van der Waals surface area contributed by atoms with E-state index < -0.39 is 10.7 Å². The van der Waals surface area contributed by atoms with Crippen molar-refractivity contribution in [3.05, 3.63) is 28.1 Å². The maximum Gasteiger partial charge on any atom is 0.295 e. The van der Waals surface area contributed by atoms with Gasteiger partial charge >= 0.3 is 0 Å². The number of methoxy groups -OCH3 is 1. The zero-order valence-electron chi connectivity index (χ0n) is 13.7. The number of nitro benzene ring substituents is 1. The van der Waals surface area contributed by atoms with Crippen molar-refractivity contribution in [2.45, 2.75) is 13.3 Å². The molecule has 0 aromatic heterocycles. The van der Waals surface area contributed by atoms with Crippen molar-refractivity contribution in [1.29, 1.82) is 0 Å². The van der Waals surface area contributed by atoms with E-state index >= 15 is 0 Å². The number of hydrogen-bond donors (Lipinski definition) is 0. The Balaban J connectivity index is 1.76. The van der Waals surface area contributed by atoms with E-state index in [0.717, 1.165) is 12.5 Å². The number of anilines is 1. The largest absolute Gasteiger partial charge is 0.494 e. The molecule has 3 rings (SSSR count). The molecule has 2 aliphatic rings. The third-order valence-corrected chi connectivity index (χ3v) is 4.80. The van der Waals surface area contributed by atoms with Crippen LogP contribution in [0.3, 0.4) is 0 Å². The molecule has 7 nitrogen and oxygen atoms in total. The van der Waals surface area contributed by atoms with Gasteiger partial charge in [0.05, 0.1) is 18.1 Å². The molecule has 1 heterocycles. The normalized spacial score (nSPS) is 23.1. The minimum absolute atomic E-state index is 0.0269. The minimum atomic E-state index is -0.760. The van der Waals surface area contributed by atoms with Gasteiger partial charge in [-0.2, -0.15) is 0 Å². The van der Waals surface area contributed by atoms with Gasteiger partial charge in [0.2, 0.25) is 5.91 Å². The lowest BCUT2D eigenvalue weighted by Crippen LogP contribution is -2.49. The Labute approximate surface area is 139 Å². The second kappa shape index (κ2) is 6.26. The van der Waals surface area contributed by atoms with Crippen LogP contribution in [0.5, 0.6) is 5.75 Å². The van der Waals surface area contributed by atoms with E-state index in [2.05, 4.69) is 6.92 Å². The van der Waals surface area contributed by atoms with Crippen LogP contribution in [0.1, 0.15) is 13.3 Å². The summed E-state index contributed by atoms with van der Waals surface area (Å²) in [5, 5.41) is 11.2. The monoisotopic (exact) mass is 337 g/mol. The summed E-state index contributed by atoms with van der Waals surface area (Å²) in [6, 6.07) is 2.24. The first kappa shape index (κ1) is 16.5. The van der Waals surface area contributed by atoms with Crippen molar-refractivity contribution >= 4 is 17.3 Å². The first-order valence-electron chi connectivity index (χ1n) is 7.98. The molecule has 2 fully saturated rings. The van der Waals surface area contributed by atoms with Gasteiger partial charge in [-0.15, -0.1) is 0 Å². The zero-order valence-corrected chi connectivity index (χ0v) is 13.7. The Morgan fingerprint density at radius 1 is 1.33 bits per heavy atom. The topological polar surface area (TPSA) is 75.9 Å². The minimum Gasteiger partial charge on any atom is -0.494 e. The molecule has 1 aromatic carbocycles. The predicted octanol–water partition coefficient (Wildman–Crippen LogP) is 2.05. The fourth-order valence-corrected chi connectivity index (χ4v) is 3.16. The number of amides is 1. The molecular weight excluding hydrogens is 317 g/mol. The van der Waals surface area contributed by atoms with E-state index in [1.165, 1.54) is 13.2 Å². The maximum atomic E-state index is 13.8. The molecule has 0 spiro atoms. The summed E-state index contributed by atoms with van der Waals surface area (Å²) in [5.41, 5.74) is 0.0361. The van der Waals surface area contributed by atoms with Crippen molar-refractivity contribution in [3.63, 3.8) is 0 Å². The highest BCUT2D eigenvalue weighted by Crippen LogP contribution is 2.40. The van der Waals surface area contributed by atoms with Crippen LogP contribution in [0.25, 0.3) is 0 Å². The molecule has 8 heteroatoms. The number of rotatable bonds is 4. The van der Waals surface area contributed by atoms with E-state index in [-0.39, 0.29) is 23.3 Å². The Morgan fingerprint density at radius 3 is 2.46 bits per heavy atom. The zero-order chi connectivity index (χ0) is 17.4. The van der Waals surface area contributed by atoms with Crippen molar-refractivity contribution in [2.24, 2.45) is 11.8 Å². The van der Waals surface area contributed by atoms with Crippen LogP contribution in [-0.4, -0.2) is 49.0 Å². The van der Waals surface area contributed by atoms with Crippen LogP contribution in [0, 0.1) is 27.8 Å². The molecule has 0 N–H and O–H groups in total. The van der Waals surface area contributed by atoms with Crippen LogP contribution in [-0.2, 0) is 4.79 Å². The molecule has 2 atom stereocenters. The van der Waals surface area contributed by atoms with Crippen molar-refractivity contribution in [3.8, 4) is 5.75 Å². The molecule has 1 saturated carbocycles. The molecule has 2 unspecified atom stereocenters. The van der Waals surface area contributed by atoms with Gasteiger partial charge in [-0.25, -0.2) is 4.39 Å². The lowest BCUT2D eigenvalue weighted by Gasteiger charge is -2.36. The van der Waals surface area contributed by atoms with Gasteiger partial charge in [-0.05, 0) is 12.3 Å². The summed E-state index contributed by atoms with van der Waals surface area (Å²) in [6.45, 7) is 4.04. The van der Waals surface area contributed by atoms with Gasteiger partial charge in [0.25, 0.3) is 5.69 Å². The second-order valence-electron chi connectivity index (χ2n) is 6.36. The van der Waals surface area contributed by atoms with Crippen molar-refractivity contribution < 1.29 is 18.8 Å². The smallest absolute Gasteiger partial charge is 0.295 e. The quantitative estimate of drug-likeness (QED) is 0.621. The van der Waals surface area contributed by atoms with Gasteiger partial charge in [0.15, 0.2) is 11.6 Å². The highest BCUT2D eigenvalue weighted by molar-refractivity contribution is 5.82. The number of halogens is 1. The van der Waals surface area contributed by atoms with Crippen LogP contribution in [0.2, 0.25) is 0 Å². The van der Waals surface area contributed by atoms with E-state index in [1.807, 2.05) is 4.90 Å². The van der Waals surface area contributed by atoms with E-state index in [4.69, 9.17) is 4.74 Å². The number of carbonyl (C=O) groups excluding carboxylic acids is 1. The molecule has 130 valence electrons. The van der Waals surface area contributed by atoms with Crippen molar-refractivity contribution in [2.75, 3.05) is 38.2 Å². The molecule has 1 saturated heterocycles. The van der Waals surface area contributed by atoms with Gasteiger partial charge in [0.1, 0.15) is 5.69 Å². The lowest BCUT2D eigenvalue weighted by atomic mass is 10.2. The number of carbonyl (C=O) groups is 1. The SMILES string of the molecule is COc1cc(N2CCN(C(=O)C3CC3C)CC2)c([N+](=O)[O-])cc1F. The van der Waals surface area contributed by atoms with Crippen LogP contribution in [0.15, 0.2) is 12.1 Å². The second-order valence-corrected chi connectivity index (χ2v) is 6.36. The molecule has 1 aromatic rings. The number of ether oxygens (including phenoxy) is 1. The summed E-state index contributed by atoms with van der Waals surface area (Å²) in [6.07, 6.45) is 0.944. The summed E-state index contributed by atoms with van der Waals surface area (Å²) < 4.78 is 18.7. The Morgan fingerprint density at radius 2 is 1.96 bits per heavy atom. The van der Waals surface area contributed by atoms with E-state index in [1.54, 1.807) is 4.90 Å². The average molecular weight is 337 g/mol. The van der Waals surface area contributed by atoms with Crippen LogP contribution >= 0.6 is 0 Å². The molecular formula is C16H20FN3O4. The number of nitro groups is 1. The molecule has 0 radical (unpaired) electrons. The van der Waals surface area contributed by atoms with E-state index in [9.17, 15) is 19.3 Å². The van der Waals surface area contributed by atoms with Crippen molar-refractivity contribution in [1.82, 2.24) is 4.90 Å². The van der Waals surface area contributed by atoms with Crippen LogP contribution in [0.4, 0.5) is 15.8 Å². The van der Waals surface area contributed by atoms with E-state index in [0.29, 0.717) is 37.8 Å². The number of hydrogen-bond acceptors (Lipinski definition) is 5. The lowest BCUT2D eigenvalue weighted by molar-refractivity contribution is -0.384. The first-order chi connectivity index (χ1) is 11.4. The fourth-order valence-electron chi connectivity index (χ4n) is 3.16. The molecule has 1 amide bonds. The molecule has 1 aliphatic carbocycles. The Hall–Kier alpha value is -2.38. The highest BCUT2D eigenvalue weighted by atomic mass is 19.1. The molecule has 0 bridgehead atoms.